The summed E-state index contributed by atoms with van der Waals surface area (Å²) in [7, 11) is 0. The Morgan fingerprint density at radius 1 is 0.913 bits per heavy atom. The summed E-state index contributed by atoms with van der Waals surface area (Å²) in [5.74, 6) is 0.695. The third-order valence-electron chi connectivity index (χ3n) is 8.33. The number of benzene rings is 4. The first-order valence-electron chi connectivity index (χ1n) is 15.1. The van der Waals surface area contributed by atoms with Crippen LogP contribution in [0.3, 0.4) is 0 Å². The second-order valence-corrected chi connectivity index (χ2v) is 11.4. The predicted molar refractivity (Wildman–Crippen MR) is 174 cm³/mol. The second kappa shape index (κ2) is 12.4. The predicted octanol–water partition coefficient (Wildman–Crippen LogP) is 8.08. The van der Waals surface area contributed by atoms with Crippen molar-refractivity contribution in [2.24, 2.45) is 5.73 Å². The lowest BCUT2D eigenvalue weighted by molar-refractivity contribution is 0.0702. The monoisotopic (exact) mass is 614 g/mol. The van der Waals surface area contributed by atoms with Crippen LogP contribution in [0.1, 0.15) is 62.3 Å². The summed E-state index contributed by atoms with van der Waals surface area (Å²) < 4.78 is 29.7. The maximum absolute atomic E-state index is 13.2. The lowest BCUT2D eigenvalue weighted by atomic mass is 9.83. The maximum Gasteiger partial charge on any atom is 0.379 e. The third-order valence-corrected chi connectivity index (χ3v) is 8.33. The van der Waals surface area contributed by atoms with Gasteiger partial charge in [0.25, 0.3) is 0 Å². The lowest BCUT2D eigenvalue weighted by Gasteiger charge is -2.27. The number of carbonyl (C=O) groups is 1. The Hall–Kier alpha value is -5.68. The molecule has 1 aliphatic rings. The van der Waals surface area contributed by atoms with E-state index in [9.17, 15) is 10.1 Å². The van der Waals surface area contributed by atoms with Gasteiger partial charge in [0.05, 0.1) is 12.5 Å². The molecule has 0 bridgehead atoms. The average molecular weight is 615 g/mol. The van der Waals surface area contributed by atoms with Crippen LogP contribution in [0.2, 0.25) is 0 Å². The van der Waals surface area contributed by atoms with Crippen LogP contribution in [-0.2, 0) is 6.61 Å². The van der Waals surface area contributed by atoms with E-state index in [4.69, 9.17) is 29.1 Å². The minimum absolute atomic E-state index is 0.0277. The first-order chi connectivity index (χ1) is 22.2. The molecule has 46 heavy (non-hydrogen) atoms. The Balaban J connectivity index is 1.30. The van der Waals surface area contributed by atoms with Gasteiger partial charge in [-0.05, 0) is 75.1 Å². The molecule has 1 atom stereocenters. The molecular weight excluding hydrogens is 580 g/mol. The van der Waals surface area contributed by atoms with E-state index in [1.807, 2.05) is 89.2 Å². The first kappa shape index (κ1) is 30.4. The number of hydrogen-bond acceptors (Lipinski definition) is 8. The van der Waals surface area contributed by atoms with E-state index >= 15 is 0 Å². The Morgan fingerprint density at radius 3 is 2.43 bits per heavy atom. The van der Waals surface area contributed by atoms with Crippen LogP contribution in [0.5, 0.6) is 23.0 Å². The quantitative estimate of drug-likeness (QED) is 0.138. The molecule has 2 heterocycles. The number of hydrogen-bond donors (Lipinski definition) is 1. The molecule has 1 aromatic heterocycles. The van der Waals surface area contributed by atoms with Crippen molar-refractivity contribution in [2.45, 2.75) is 47.1 Å². The summed E-state index contributed by atoms with van der Waals surface area (Å²) in [5.41, 5.74) is 13.6. The maximum atomic E-state index is 13.2. The Labute approximate surface area is 267 Å². The van der Waals surface area contributed by atoms with Gasteiger partial charge in [-0.3, -0.25) is 0 Å². The molecule has 2 N–H and O–H groups in total. The van der Waals surface area contributed by atoms with E-state index in [0.717, 1.165) is 27.6 Å². The Bertz CT molecular complexity index is 2050. The Morgan fingerprint density at radius 2 is 1.70 bits per heavy atom. The summed E-state index contributed by atoms with van der Waals surface area (Å²) in [6.07, 6.45) is 0. The van der Waals surface area contributed by atoms with Gasteiger partial charge in [0.15, 0.2) is 11.5 Å². The molecule has 0 saturated heterocycles. The van der Waals surface area contributed by atoms with Crippen molar-refractivity contribution in [2.75, 3.05) is 6.61 Å². The summed E-state index contributed by atoms with van der Waals surface area (Å²) in [5, 5.41) is 11.0. The number of aryl methyl sites for hydroxylation is 4. The van der Waals surface area contributed by atoms with Crippen LogP contribution in [0.15, 0.2) is 88.7 Å². The van der Waals surface area contributed by atoms with Gasteiger partial charge in [-0.15, -0.1) is 0 Å². The van der Waals surface area contributed by atoms with Gasteiger partial charge < -0.3 is 29.1 Å². The van der Waals surface area contributed by atoms with Gasteiger partial charge in [0.1, 0.15) is 35.3 Å². The van der Waals surface area contributed by atoms with Crippen molar-refractivity contribution in [3.63, 3.8) is 0 Å². The summed E-state index contributed by atoms with van der Waals surface area (Å²) in [6.45, 7) is 10.5. The molecule has 4 aromatic carbocycles. The van der Waals surface area contributed by atoms with Crippen LogP contribution in [0.25, 0.3) is 11.0 Å². The fourth-order valence-electron chi connectivity index (χ4n) is 5.65. The van der Waals surface area contributed by atoms with Gasteiger partial charge in [-0.25, -0.2) is 4.79 Å². The zero-order chi connectivity index (χ0) is 32.5. The first-order valence-corrected chi connectivity index (χ1v) is 15.1. The van der Waals surface area contributed by atoms with Gasteiger partial charge in [0.2, 0.25) is 11.6 Å². The highest BCUT2D eigenvalue weighted by atomic mass is 16.5. The number of allylic oxidation sites excluding steroid dienone is 1. The highest BCUT2D eigenvalue weighted by Gasteiger charge is 2.32. The van der Waals surface area contributed by atoms with E-state index in [-0.39, 0.29) is 23.0 Å². The second-order valence-electron chi connectivity index (χ2n) is 11.4. The molecule has 0 spiro atoms. The number of fused-ring (bicyclic) bond motifs is 2. The molecule has 0 saturated carbocycles. The van der Waals surface area contributed by atoms with Crippen molar-refractivity contribution in [3.8, 4) is 29.1 Å². The van der Waals surface area contributed by atoms with E-state index in [0.29, 0.717) is 47.2 Å². The van der Waals surface area contributed by atoms with E-state index in [1.54, 1.807) is 18.2 Å². The normalized spacial score (nSPS) is 14.0. The van der Waals surface area contributed by atoms with Crippen LogP contribution in [0, 0.1) is 39.0 Å². The fourth-order valence-corrected chi connectivity index (χ4v) is 5.65. The van der Waals surface area contributed by atoms with Crippen molar-refractivity contribution in [1.29, 1.82) is 5.26 Å². The van der Waals surface area contributed by atoms with Crippen molar-refractivity contribution in [1.82, 2.24) is 0 Å². The van der Waals surface area contributed by atoms with Gasteiger partial charge in [-0.2, -0.15) is 5.26 Å². The third kappa shape index (κ3) is 5.64. The van der Waals surface area contributed by atoms with Crippen LogP contribution in [-0.4, -0.2) is 12.6 Å². The highest BCUT2D eigenvalue weighted by Crippen LogP contribution is 2.45. The number of furan rings is 1. The average Bonchev–Trinajstić information content (AvgIpc) is 3.39. The van der Waals surface area contributed by atoms with Crippen LogP contribution < -0.4 is 24.7 Å². The van der Waals surface area contributed by atoms with Crippen LogP contribution in [0.4, 0.5) is 0 Å². The van der Waals surface area contributed by atoms with Crippen molar-refractivity contribution < 1.29 is 28.2 Å². The number of carbonyl (C=O) groups excluding carboxylic acids is 1. The van der Waals surface area contributed by atoms with Gasteiger partial charge in [-0.1, -0.05) is 54.1 Å². The number of ether oxygens (including phenoxy) is 4. The number of nitrogens with zero attached hydrogens (tertiary/aromatic N) is 1. The minimum Gasteiger partial charge on any atom is -0.490 e. The molecule has 0 amide bonds. The van der Waals surface area contributed by atoms with Crippen molar-refractivity contribution in [3.05, 3.63) is 129 Å². The highest BCUT2D eigenvalue weighted by molar-refractivity contribution is 5.98. The van der Waals surface area contributed by atoms with Gasteiger partial charge >= 0.3 is 5.97 Å². The Kier molecular flexibility index (Phi) is 8.16. The molecule has 1 unspecified atom stereocenters. The zero-order valence-corrected chi connectivity index (χ0v) is 26.4. The molecule has 8 nitrogen and oxygen atoms in total. The van der Waals surface area contributed by atoms with Gasteiger partial charge in [0, 0.05) is 22.6 Å². The zero-order valence-electron chi connectivity index (χ0n) is 26.4. The molecule has 0 radical (unpaired) electrons. The lowest BCUT2D eigenvalue weighted by Crippen LogP contribution is -2.21. The molecule has 5 aromatic rings. The minimum atomic E-state index is -0.623. The number of nitriles is 1. The number of nitrogens with two attached hydrogens (primary N) is 1. The van der Waals surface area contributed by atoms with E-state index < -0.39 is 11.9 Å². The van der Waals surface area contributed by atoms with Crippen LogP contribution >= 0.6 is 0 Å². The fraction of sp³-hybridized carbons (Fsp3) is 0.211. The largest absolute Gasteiger partial charge is 0.490 e. The van der Waals surface area contributed by atoms with E-state index in [1.165, 1.54) is 5.56 Å². The molecular formula is C38H34N2O6. The molecule has 0 aliphatic carbocycles. The van der Waals surface area contributed by atoms with E-state index in [2.05, 4.69) is 6.07 Å². The summed E-state index contributed by atoms with van der Waals surface area (Å²) >= 11 is 0. The summed E-state index contributed by atoms with van der Waals surface area (Å²) in [4.78, 5) is 13.2. The molecule has 0 fully saturated rings. The molecule has 6 rings (SSSR count). The molecule has 232 valence electrons. The van der Waals surface area contributed by atoms with Crippen molar-refractivity contribution >= 4 is 16.9 Å². The molecule has 1 aliphatic heterocycles. The molecule has 8 heteroatoms. The SMILES string of the molecule is CCOc1cc(C2C(C#N)=C(N)Oc3cc(OC(=O)c4oc5c(C)c(C)ccc5c4C)ccc32)ccc1OCc1ccc(C)cc1. The standard InChI is InChI=1S/C38H34N2O6/c1-6-42-33-17-26(12-16-31(33)43-20-25-10-7-21(2)8-11-25)34-29-15-13-27(18-32(29)45-37(40)30(34)19-39)44-38(41)36-24(5)28-14-9-22(3)23(4)35(28)46-36/h7-18,34H,6,20,40H2,1-5H3. The number of rotatable bonds is 8. The topological polar surface area (TPSA) is 117 Å². The number of esters is 1. The smallest absolute Gasteiger partial charge is 0.379 e. The summed E-state index contributed by atoms with van der Waals surface area (Å²) in [6, 6.07) is 24.9.